The zero-order chi connectivity index (χ0) is 12.8. The molecular weight excluding hydrogens is 263 g/mol. The lowest BCUT2D eigenvalue weighted by atomic mass is 10.1. The summed E-state index contributed by atoms with van der Waals surface area (Å²) < 4.78 is 0. The van der Waals surface area contributed by atoms with E-state index in [0.29, 0.717) is 0 Å². The fraction of sp³-hybridized carbons (Fsp3) is 0.273. The molecule has 0 spiro atoms. The predicted octanol–water partition coefficient (Wildman–Crippen LogP) is 2.83. The van der Waals surface area contributed by atoms with Crippen molar-refractivity contribution in [1.29, 1.82) is 0 Å². The third-order valence-corrected chi connectivity index (χ3v) is 3.13. The van der Waals surface area contributed by atoms with Gasteiger partial charge >= 0.3 is 6.03 Å². The Balaban J connectivity index is 2.55. The number of carbonyl (C=O) groups is 2. The molecule has 3 amide bonds. The number of rotatable bonds is 1. The first-order valence-electron chi connectivity index (χ1n) is 4.95. The van der Waals surface area contributed by atoms with E-state index in [4.69, 9.17) is 23.2 Å². The van der Waals surface area contributed by atoms with Crippen LogP contribution in [0.3, 0.4) is 0 Å². The average Bonchev–Trinajstić information content (AvgIpc) is 2.39. The molecule has 1 aliphatic rings. The summed E-state index contributed by atoms with van der Waals surface area (Å²) in [5, 5.41) is 3.09. The molecule has 4 nitrogen and oxygen atoms in total. The van der Waals surface area contributed by atoms with Crippen LogP contribution in [0.5, 0.6) is 0 Å². The molecule has 1 aromatic rings. The van der Waals surface area contributed by atoms with Gasteiger partial charge < -0.3 is 5.32 Å². The van der Waals surface area contributed by atoms with Gasteiger partial charge in [0.25, 0.3) is 5.91 Å². The molecule has 1 saturated heterocycles. The van der Waals surface area contributed by atoms with Crippen molar-refractivity contribution >= 4 is 40.8 Å². The van der Waals surface area contributed by atoms with Crippen molar-refractivity contribution in [1.82, 2.24) is 5.32 Å². The number of anilines is 1. The Kier molecular flexibility index (Phi) is 2.79. The second-order valence-electron chi connectivity index (χ2n) is 4.27. The predicted molar refractivity (Wildman–Crippen MR) is 66.6 cm³/mol. The number of hydrogen-bond acceptors (Lipinski definition) is 2. The maximum Gasteiger partial charge on any atom is 0.329 e. The van der Waals surface area contributed by atoms with E-state index in [0.717, 1.165) is 4.90 Å². The van der Waals surface area contributed by atoms with Crippen LogP contribution in [0.25, 0.3) is 0 Å². The van der Waals surface area contributed by atoms with Crippen LogP contribution in [0.15, 0.2) is 18.2 Å². The van der Waals surface area contributed by atoms with Gasteiger partial charge in [-0.25, -0.2) is 9.69 Å². The number of amides is 3. The monoisotopic (exact) mass is 272 g/mol. The van der Waals surface area contributed by atoms with E-state index in [1.807, 2.05) is 0 Å². The number of halogens is 2. The van der Waals surface area contributed by atoms with Crippen molar-refractivity contribution < 1.29 is 9.59 Å². The minimum atomic E-state index is -0.945. The van der Waals surface area contributed by atoms with Gasteiger partial charge in [0, 0.05) is 0 Å². The SMILES string of the molecule is CC1(C)NC(=O)N(c2c(Cl)cccc2Cl)C1=O. The highest BCUT2D eigenvalue weighted by Crippen LogP contribution is 2.36. The summed E-state index contributed by atoms with van der Waals surface area (Å²) in [6, 6.07) is 4.29. The number of hydrogen-bond donors (Lipinski definition) is 1. The second kappa shape index (κ2) is 3.89. The van der Waals surface area contributed by atoms with Gasteiger partial charge in [-0.05, 0) is 26.0 Å². The highest BCUT2D eigenvalue weighted by atomic mass is 35.5. The van der Waals surface area contributed by atoms with Crippen LogP contribution >= 0.6 is 23.2 Å². The Labute approximate surface area is 108 Å². The topological polar surface area (TPSA) is 49.4 Å². The molecular formula is C11H10Cl2N2O2. The van der Waals surface area contributed by atoms with Gasteiger partial charge in [-0.1, -0.05) is 29.3 Å². The molecule has 90 valence electrons. The van der Waals surface area contributed by atoms with Gasteiger partial charge in [0.05, 0.1) is 15.7 Å². The smallest absolute Gasteiger partial charge is 0.323 e. The van der Waals surface area contributed by atoms with Gasteiger partial charge in [0.2, 0.25) is 0 Å². The summed E-state index contributed by atoms with van der Waals surface area (Å²) >= 11 is 11.9. The van der Waals surface area contributed by atoms with Gasteiger partial charge in [-0.2, -0.15) is 0 Å². The number of benzene rings is 1. The molecule has 1 N–H and O–H groups in total. The van der Waals surface area contributed by atoms with Gasteiger partial charge in [0.1, 0.15) is 5.54 Å². The number of para-hydroxylation sites is 1. The largest absolute Gasteiger partial charge is 0.329 e. The highest BCUT2D eigenvalue weighted by Gasteiger charge is 2.46. The highest BCUT2D eigenvalue weighted by molar-refractivity contribution is 6.42. The molecule has 17 heavy (non-hydrogen) atoms. The van der Waals surface area contributed by atoms with Crippen molar-refractivity contribution in [2.24, 2.45) is 0 Å². The molecule has 2 rings (SSSR count). The average molecular weight is 273 g/mol. The lowest BCUT2D eigenvalue weighted by Gasteiger charge is -2.18. The zero-order valence-corrected chi connectivity index (χ0v) is 10.8. The maximum atomic E-state index is 12.1. The van der Waals surface area contributed by atoms with Gasteiger partial charge in [-0.3, -0.25) is 4.79 Å². The Hall–Kier alpha value is -1.26. The third kappa shape index (κ3) is 1.87. The fourth-order valence-corrected chi connectivity index (χ4v) is 2.22. The molecule has 0 radical (unpaired) electrons. The molecule has 0 bridgehead atoms. The second-order valence-corrected chi connectivity index (χ2v) is 5.08. The fourth-order valence-electron chi connectivity index (χ4n) is 1.65. The van der Waals surface area contributed by atoms with Crippen molar-refractivity contribution in [2.45, 2.75) is 19.4 Å². The van der Waals surface area contributed by atoms with Crippen LogP contribution in [-0.4, -0.2) is 17.5 Å². The van der Waals surface area contributed by atoms with E-state index in [2.05, 4.69) is 5.32 Å². The summed E-state index contributed by atoms with van der Waals surface area (Å²) in [6.45, 7) is 3.25. The first-order valence-corrected chi connectivity index (χ1v) is 5.71. The van der Waals surface area contributed by atoms with Crippen LogP contribution in [0.4, 0.5) is 10.5 Å². The van der Waals surface area contributed by atoms with E-state index >= 15 is 0 Å². The molecule has 1 aliphatic heterocycles. The van der Waals surface area contributed by atoms with E-state index in [1.54, 1.807) is 32.0 Å². The van der Waals surface area contributed by atoms with Gasteiger partial charge in [-0.15, -0.1) is 0 Å². The minimum Gasteiger partial charge on any atom is -0.323 e. The first-order chi connectivity index (χ1) is 7.84. The molecule has 1 heterocycles. The quantitative estimate of drug-likeness (QED) is 0.800. The van der Waals surface area contributed by atoms with Gasteiger partial charge in [0.15, 0.2) is 0 Å². The normalized spacial score (nSPS) is 18.5. The molecule has 0 saturated carbocycles. The lowest BCUT2D eigenvalue weighted by Crippen LogP contribution is -2.40. The van der Waals surface area contributed by atoms with Crippen molar-refractivity contribution in [3.05, 3.63) is 28.2 Å². The van der Waals surface area contributed by atoms with Crippen LogP contribution in [0, 0.1) is 0 Å². The summed E-state index contributed by atoms with van der Waals surface area (Å²) in [5.74, 6) is -0.377. The Morgan fingerprint density at radius 2 is 1.71 bits per heavy atom. The standard InChI is InChI=1S/C11H10Cl2N2O2/c1-11(2)9(16)15(10(17)14-11)8-6(12)4-3-5-7(8)13/h3-5H,1-2H3,(H,14,17). The molecule has 0 unspecified atom stereocenters. The molecule has 0 aromatic heterocycles. The van der Waals surface area contributed by atoms with Crippen LogP contribution in [0.2, 0.25) is 10.0 Å². The molecule has 6 heteroatoms. The van der Waals surface area contributed by atoms with Crippen LogP contribution in [-0.2, 0) is 4.79 Å². The van der Waals surface area contributed by atoms with E-state index in [9.17, 15) is 9.59 Å². The summed E-state index contributed by atoms with van der Waals surface area (Å²) in [6.07, 6.45) is 0. The zero-order valence-electron chi connectivity index (χ0n) is 9.25. The molecule has 1 aromatic carbocycles. The Bertz CT molecular complexity index is 494. The van der Waals surface area contributed by atoms with Crippen LogP contribution in [0.1, 0.15) is 13.8 Å². The summed E-state index contributed by atoms with van der Waals surface area (Å²) in [5.41, 5.74) is -0.719. The number of urea groups is 1. The number of imide groups is 1. The molecule has 0 atom stereocenters. The van der Waals surface area contributed by atoms with E-state index in [-0.39, 0.29) is 21.6 Å². The Morgan fingerprint density at radius 1 is 1.18 bits per heavy atom. The lowest BCUT2D eigenvalue weighted by molar-refractivity contribution is -0.121. The van der Waals surface area contributed by atoms with Crippen molar-refractivity contribution in [3.63, 3.8) is 0 Å². The van der Waals surface area contributed by atoms with E-state index in [1.165, 1.54) is 0 Å². The number of nitrogens with one attached hydrogen (secondary N) is 1. The molecule has 1 fully saturated rings. The summed E-state index contributed by atoms with van der Waals surface area (Å²) in [4.78, 5) is 24.8. The maximum absolute atomic E-state index is 12.1. The summed E-state index contributed by atoms with van der Waals surface area (Å²) in [7, 11) is 0. The third-order valence-electron chi connectivity index (χ3n) is 2.52. The van der Waals surface area contributed by atoms with Crippen LogP contribution < -0.4 is 10.2 Å². The van der Waals surface area contributed by atoms with Crippen molar-refractivity contribution in [3.8, 4) is 0 Å². The first kappa shape index (κ1) is 12.2. The van der Waals surface area contributed by atoms with E-state index < -0.39 is 11.6 Å². The molecule has 0 aliphatic carbocycles. The van der Waals surface area contributed by atoms with Crippen molar-refractivity contribution in [2.75, 3.05) is 4.90 Å². The number of carbonyl (C=O) groups excluding carboxylic acids is 2. The minimum absolute atomic E-state index is 0.226. The Morgan fingerprint density at radius 3 is 2.12 bits per heavy atom. The number of nitrogens with zero attached hydrogens (tertiary/aromatic N) is 1.